The molecular formula is C15H21F2N3O. The number of aliphatic imine (C=N–C) groups is 1. The first-order valence-electron chi connectivity index (χ1n) is 7.21. The third-order valence-electron chi connectivity index (χ3n) is 3.31. The van der Waals surface area contributed by atoms with Gasteiger partial charge in [0.2, 0.25) is 0 Å². The van der Waals surface area contributed by atoms with E-state index in [-0.39, 0.29) is 12.4 Å². The summed E-state index contributed by atoms with van der Waals surface area (Å²) in [6, 6.07) is 3.26. The molecular weight excluding hydrogens is 276 g/mol. The Morgan fingerprint density at radius 2 is 2.05 bits per heavy atom. The molecule has 0 heterocycles. The van der Waals surface area contributed by atoms with Gasteiger partial charge in [0.05, 0.1) is 6.54 Å². The van der Waals surface area contributed by atoms with Gasteiger partial charge < -0.3 is 15.4 Å². The van der Waals surface area contributed by atoms with Crippen molar-refractivity contribution in [3.63, 3.8) is 0 Å². The highest BCUT2D eigenvalue weighted by molar-refractivity contribution is 5.79. The van der Waals surface area contributed by atoms with Gasteiger partial charge in [-0.1, -0.05) is 12.8 Å². The van der Waals surface area contributed by atoms with Crippen molar-refractivity contribution >= 4 is 5.96 Å². The average molecular weight is 297 g/mol. The van der Waals surface area contributed by atoms with Crippen LogP contribution in [0.15, 0.2) is 23.2 Å². The van der Waals surface area contributed by atoms with Crippen molar-refractivity contribution in [3.05, 3.63) is 29.8 Å². The highest BCUT2D eigenvalue weighted by Crippen LogP contribution is 2.31. The molecule has 0 radical (unpaired) electrons. The van der Waals surface area contributed by atoms with Crippen LogP contribution in [0.3, 0.4) is 0 Å². The lowest BCUT2D eigenvalue weighted by Gasteiger charge is -2.12. The van der Waals surface area contributed by atoms with Crippen LogP contribution in [-0.4, -0.2) is 32.7 Å². The lowest BCUT2D eigenvalue weighted by atomic mass is 10.3. The van der Waals surface area contributed by atoms with E-state index >= 15 is 0 Å². The molecule has 1 saturated carbocycles. The second kappa shape index (κ2) is 7.81. The first-order valence-corrected chi connectivity index (χ1v) is 7.21. The second-order valence-corrected chi connectivity index (χ2v) is 5.08. The van der Waals surface area contributed by atoms with Gasteiger partial charge in [0, 0.05) is 19.7 Å². The van der Waals surface area contributed by atoms with E-state index in [1.54, 1.807) is 7.05 Å². The molecule has 0 aromatic heterocycles. The molecule has 1 aromatic rings. The van der Waals surface area contributed by atoms with E-state index in [0.717, 1.165) is 24.9 Å². The van der Waals surface area contributed by atoms with E-state index in [0.29, 0.717) is 12.5 Å². The van der Waals surface area contributed by atoms with Gasteiger partial charge >= 0.3 is 0 Å². The highest BCUT2D eigenvalue weighted by atomic mass is 19.1. The predicted octanol–water partition coefficient (Wildman–Crippen LogP) is 2.31. The van der Waals surface area contributed by atoms with E-state index in [9.17, 15) is 8.78 Å². The lowest BCUT2D eigenvalue weighted by Crippen LogP contribution is -2.39. The molecule has 6 heteroatoms. The summed E-state index contributed by atoms with van der Waals surface area (Å²) in [6.45, 7) is 1.66. The Labute approximate surface area is 123 Å². The molecule has 0 atom stereocenters. The minimum Gasteiger partial charge on any atom is -0.489 e. The van der Waals surface area contributed by atoms with Crippen molar-refractivity contribution < 1.29 is 13.5 Å². The van der Waals surface area contributed by atoms with Crippen LogP contribution in [0.5, 0.6) is 5.75 Å². The van der Waals surface area contributed by atoms with Crippen LogP contribution in [0, 0.1) is 17.6 Å². The second-order valence-electron chi connectivity index (χ2n) is 5.08. The van der Waals surface area contributed by atoms with E-state index in [2.05, 4.69) is 15.6 Å². The standard InChI is InChI=1S/C15H21F2N3O/c1-18-15(19-7-6-11-2-3-11)20-8-9-21-14-5-4-12(16)10-13(14)17/h4-5,10-11H,2-3,6-9H2,1H3,(H2,18,19,20). The largest absolute Gasteiger partial charge is 0.489 e. The fraction of sp³-hybridized carbons (Fsp3) is 0.533. The quantitative estimate of drug-likeness (QED) is 0.461. The Bertz CT molecular complexity index is 490. The SMILES string of the molecule is CN=C(NCCOc1ccc(F)cc1F)NCCC1CC1. The molecule has 0 aliphatic heterocycles. The topological polar surface area (TPSA) is 45.7 Å². The first-order chi connectivity index (χ1) is 10.2. The summed E-state index contributed by atoms with van der Waals surface area (Å²) in [5, 5.41) is 6.30. The maximum Gasteiger partial charge on any atom is 0.191 e. The van der Waals surface area contributed by atoms with E-state index < -0.39 is 11.6 Å². The third-order valence-corrected chi connectivity index (χ3v) is 3.31. The zero-order chi connectivity index (χ0) is 15.1. The Morgan fingerprint density at radius 1 is 1.29 bits per heavy atom. The molecule has 0 spiro atoms. The Hall–Kier alpha value is -1.85. The van der Waals surface area contributed by atoms with Crippen LogP contribution >= 0.6 is 0 Å². The van der Waals surface area contributed by atoms with Crippen LogP contribution in [0.4, 0.5) is 8.78 Å². The summed E-state index contributed by atoms with van der Waals surface area (Å²) in [6.07, 6.45) is 3.84. The highest BCUT2D eigenvalue weighted by Gasteiger charge is 2.20. The van der Waals surface area contributed by atoms with E-state index in [1.807, 2.05) is 0 Å². The summed E-state index contributed by atoms with van der Waals surface area (Å²) in [4.78, 5) is 4.09. The molecule has 1 fully saturated rings. The summed E-state index contributed by atoms with van der Waals surface area (Å²) in [7, 11) is 1.70. The molecule has 0 bridgehead atoms. The number of nitrogens with one attached hydrogen (secondary N) is 2. The molecule has 4 nitrogen and oxygen atoms in total. The molecule has 0 unspecified atom stereocenters. The van der Waals surface area contributed by atoms with Crippen molar-refractivity contribution in [3.8, 4) is 5.75 Å². The smallest absolute Gasteiger partial charge is 0.191 e. The third kappa shape index (κ3) is 5.57. The number of nitrogens with zero attached hydrogens (tertiary/aromatic N) is 1. The van der Waals surface area contributed by atoms with Gasteiger partial charge in [-0.15, -0.1) is 0 Å². The summed E-state index contributed by atoms with van der Waals surface area (Å²) >= 11 is 0. The van der Waals surface area contributed by atoms with Crippen molar-refractivity contribution in [1.82, 2.24) is 10.6 Å². The molecule has 21 heavy (non-hydrogen) atoms. The van der Waals surface area contributed by atoms with Gasteiger partial charge in [0.15, 0.2) is 17.5 Å². The van der Waals surface area contributed by atoms with Crippen LogP contribution in [0.2, 0.25) is 0 Å². The molecule has 116 valence electrons. The minimum absolute atomic E-state index is 0.0508. The van der Waals surface area contributed by atoms with Crippen molar-refractivity contribution in [2.45, 2.75) is 19.3 Å². The zero-order valence-corrected chi connectivity index (χ0v) is 12.2. The lowest BCUT2D eigenvalue weighted by molar-refractivity contribution is 0.304. The van der Waals surface area contributed by atoms with Crippen LogP contribution in [0.1, 0.15) is 19.3 Å². The Kier molecular flexibility index (Phi) is 5.78. The molecule has 0 saturated heterocycles. The molecule has 1 aromatic carbocycles. The number of rotatable bonds is 7. The van der Waals surface area contributed by atoms with Gasteiger partial charge in [0.25, 0.3) is 0 Å². The monoisotopic (exact) mass is 297 g/mol. The number of hydrogen-bond donors (Lipinski definition) is 2. The summed E-state index contributed by atoms with van der Waals surface area (Å²) < 4.78 is 31.3. The van der Waals surface area contributed by atoms with Crippen LogP contribution in [0.25, 0.3) is 0 Å². The summed E-state index contributed by atoms with van der Waals surface area (Å²) in [5.41, 5.74) is 0. The Balaban J connectivity index is 1.62. The molecule has 2 N–H and O–H groups in total. The van der Waals surface area contributed by atoms with Crippen molar-refractivity contribution in [1.29, 1.82) is 0 Å². The zero-order valence-electron chi connectivity index (χ0n) is 12.2. The van der Waals surface area contributed by atoms with E-state index in [1.165, 1.54) is 25.0 Å². The van der Waals surface area contributed by atoms with Crippen LogP contribution in [-0.2, 0) is 0 Å². The van der Waals surface area contributed by atoms with Crippen LogP contribution < -0.4 is 15.4 Å². The number of benzene rings is 1. The Morgan fingerprint density at radius 3 is 2.71 bits per heavy atom. The maximum absolute atomic E-state index is 13.3. The average Bonchev–Trinajstić information content (AvgIpc) is 3.27. The van der Waals surface area contributed by atoms with Gasteiger partial charge in [-0.3, -0.25) is 4.99 Å². The number of halogens is 2. The van der Waals surface area contributed by atoms with Gasteiger partial charge in [0.1, 0.15) is 12.4 Å². The molecule has 1 aliphatic rings. The first kappa shape index (κ1) is 15.5. The van der Waals surface area contributed by atoms with Gasteiger partial charge in [-0.25, -0.2) is 8.78 Å². The number of guanidine groups is 1. The fourth-order valence-electron chi connectivity index (χ4n) is 1.94. The number of hydrogen-bond acceptors (Lipinski definition) is 2. The fourth-order valence-corrected chi connectivity index (χ4v) is 1.94. The normalized spacial score (nSPS) is 14.9. The minimum atomic E-state index is -0.693. The predicted molar refractivity (Wildman–Crippen MR) is 78.6 cm³/mol. The maximum atomic E-state index is 13.3. The molecule has 1 aliphatic carbocycles. The van der Waals surface area contributed by atoms with Gasteiger partial charge in [-0.2, -0.15) is 0 Å². The van der Waals surface area contributed by atoms with Crippen molar-refractivity contribution in [2.24, 2.45) is 10.9 Å². The van der Waals surface area contributed by atoms with E-state index in [4.69, 9.17) is 4.74 Å². The molecule has 2 rings (SSSR count). The van der Waals surface area contributed by atoms with Crippen molar-refractivity contribution in [2.75, 3.05) is 26.7 Å². The van der Waals surface area contributed by atoms with Gasteiger partial charge in [-0.05, 0) is 24.5 Å². The number of ether oxygens (including phenoxy) is 1. The summed E-state index contributed by atoms with van der Waals surface area (Å²) in [5.74, 6) is 0.328. The molecule has 0 amide bonds.